The molecule has 1 N–H and O–H groups in total. The number of likely N-dealkylation sites (tertiary alicyclic amines) is 1. The Labute approximate surface area is 122 Å². The molecule has 1 fully saturated rings. The Morgan fingerprint density at radius 1 is 1.20 bits per heavy atom. The first kappa shape index (κ1) is 16.8. The highest BCUT2D eigenvalue weighted by Gasteiger charge is 2.25. The third-order valence-electron chi connectivity index (χ3n) is 3.23. The molecular weight excluding hydrogens is 256 g/mol. The Bertz CT molecular complexity index is 340. The summed E-state index contributed by atoms with van der Waals surface area (Å²) in [7, 11) is 0. The van der Waals surface area contributed by atoms with E-state index in [2.05, 4.69) is 19.2 Å². The number of carbonyl (C=O) groups excluding carboxylic acids is 2. The fraction of sp³-hybridized carbons (Fsp3) is 0.867. The van der Waals surface area contributed by atoms with Crippen LogP contribution in [0.2, 0.25) is 0 Å². The smallest absolute Gasteiger partial charge is 0.407 e. The second-order valence-electron chi connectivity index (χ2n) is 6.92. The average molecular weight is 284 g/mol. The summed E-state index contributed by atoms with van der Waals surface area (Å²) in [5, 5.41) is 2.62. The van der Waals surface area contributed by atoms with E-state index in [-0.39, 0.29) is 5.91 Å². The van der Waals surface area contributed by atoms with E-state index in [0.717, 1.165) is 13.1 Å². The zero-order valence-electron chi connectivity index (χ0n) is 13.4. The number of amides is 2. The van der Waals surface area contributed by atoms with Crippen molar-refractivity contribution in [2.24, 2.45) is 11.8 Å². The van der Waals surface area contributed by atoms with Crippen LogP contribution in [0.15, 0.2) is 0 Å². The summed E-state index contributed by atoms with van der Waals surface area (Å²) in [6.07, 6.45) is 1.05. The highest BCUT2D eigenvalue weighted by atomic mass is 16.6. The molecule has 0 saturated carbocycles. The molecule has 0 bridgehead atoms. The molecule has 0 radical (unpaired) electrons. The molecule has 0 aromatic heterocycles. The van der Waals surface area contributed by atoms with Gasteiger partial charge in [0.1, 0.15) is 5.60 Å². The minimum Gasteiger partial charge on any atom is -0.444 e. The molecule has 0 spiro atoms. The summed E-state index contributed by atoms with van der Waals surface area (Å²) in [5.41, 5.74) is -0.508. The number of alkyl carbamates (subject to hydrolysis) is 1. The first-order valence-corrected chi connectivity index (χ1v) is 7.42. The molecule has 116 valence electrons. The van der Waals surface area contributed by atoms with Gasteiger partial charge in [-0.25, -0.2) is 4.79 Å². The van der Waals surface area contributed by atoms with E-state index in [0.29, 0.717) is 24.8 Å². The number of carbonyl (C=O) groups is 2. The minimum atomic E-state index is -0.508. The van der Waals surface area contributed by atoms with Crippen molar-refractivity contribution in [2.45, 2.75) is 53.1 Å². The largest absolute Gasteiger partial charge is 0.444 e. The lowest BCUT2D eigenvalue weighted by molar-refractivity contribution is -0.133. The van der Waals surface area contributed by atoms with Crippen LogP contribution in [-0.4, -0.2) is 42.1 Å². The van der Waals surface area contributed by atoms with Gasteiger partial charge in [-0.1, -0.05) is 13.8 Å². The van der Waals surface area contributed by atoms with E-state index in [9.17, 15) is 9.59 Å². The van der Waals surface area contributed by atoms with E-state index < -0.39 is 11.7 Å². The summed E-state index contributed by atoms with van der Waals surface area (Å²) in [6.45, 7) is 11.8. The SMILES string of the molecule is C[C@@H]1C[C@H](C)CN(C(=O)CCNC(=O)OC(C)(C)C)C1. The Hall–Kier alpha value is -1.26. The van der Waals surface area contributed by atoms with Gasteiger partial charge in [0.25, 0.3) is 0 Å². The van der Waals surface area contributed by atoms with Gasteiger partial charge in [0.05, 0.1) is 0 Å². The second-order valence-corrected chi connectivity index (χ2v) is 6.92. The number of hydrogen-bond donors (Lipinski definition) is 1. The van der Waals surface area contributed by atoms with Crippen LogP contribution in [0.25, 0.3) is 0 Å². The van der Waals surface area contributed by atoms with Crippen LogP contribution < -0.4 is 5.32 Å². The first-order valence-electron chi connectivity index (χ1n) is 7.42. The van der Waals surface area contributed by atoms with Gasteiger partial charge in [-0.15, -0.1) is 0 Å². The summed E-state index contributed by atoms with van der Waals surface area (Å²) in [5.74, 6) is 1.22. The average Bonchev–Trinajstić information content (AvgIpc) is 2.24. The van der Waals surface area contributed by atoms with Gasteiger partial charge in [-0.3, -0.25) is 4.79 Å². The van der Waals surface area contributed by atoms with E-state index in [1.54, 1.807) is 0 Å². The minimum absolute atomic E-state index is 0.111. The van der Waals surface area contributed by atoms with Gasteiger partial charge in [-0.05, 0) is 39.0 Å². The molecule has 5 nitrogen and oxygen atoms in total. The zero-order chi connectivity index (χ0) is 15.3. The van der Waals surface area contributed by atoms with Crippen LogP contribution in [0.4, 0.5) is 4.79 Å². The van der Waals surface area contributed by atoms with Crippen molar-refractivity contribution in [3.8, 4) is 0 Å². The van der Waals surface area contributed by atoms with Crippen LogP contribution in [-0.2, 0) is 9.53 Å². The third kappa shape index (κ3) is 6.26. The first-order chi connectivity index (χ1) is 9.17. The van der Waals surface area contributed by atoms with E-state index >= 15 is 0 Å². The Balaban J connectivity index is 2.28. The molecular formula is C15H28N2O3. The van der Waals surface area contributed by atoms with Crippen LogP contribution in [0, 0.1) is 11.8 Å². The fourth-order valence-corrected chi connectivity index (χ4v) is 2.61. The Morgan fingerprint density at radius 3 is 2.25 bits per heavy atom. The van der Waals surface area contributed by atoms with Crippen molar-refractivity contribution in [1.29, 1.82) is 0 Å². The maximum atomic E-state index is 12.1. The molecule has 20 heavy (non-hydrogen) atoms. The molecule has 1 rings (SSSR count). The number of ether oxygens (including phenoxy) is 1. The van der Waals surface area contributed by atoms with Crippen molar-refractivity contribution in [1.82, 2.24) is 10.2 Å². The zero-order valence-corrected chi connectivity index (χ0v) is 13.4. The molecule has 0 aromatic carbocycles. The van der Waals surface area contributed by atoms with Gasteiger partial charge in [0, 0.05) is 26.1 Å². The third-order valence-corrected chi connectivity index (χ3v) is 3.23. The van der Waals surface area contributed by atoms with Gasteiger partial charge in [0.2, 0.25) is 5.91 Å². The molecule has 2 atom stereocenters. The Morgan fingerprint density at radius 2 is 1.75 bits per heavy atom. The summed E-state index contributed by atoms with van der Waals surface area (Å²) in [4.78, 5) is 25.5. The maximum Gasteiger partial charge on any atom is 0.407 e. The van der Waals surface area contributed by atoms with Gasteiger partial charge in [-0.2, -0.15) is 0 Å². The fourth-order valence-electron chi connectivity index (χ4n) is 2.61. The molecule has 0 aromatic rings. The van der Waals surface area contributed by atoms with Crippen LogP contribution in [0.5, 0.6) is 0 Å². The van der Waals surface area contributed by atoms with Crippen molar-refractivity contribution < 1.29 is 14.3 Å². The summed E-state index contributed by atoms with van der Waals surface area (Å²) < 4.78 is 5.12. The second kappa shape index (κ2) is 6.95. The van der Waals surface area contributed by atoms with Crippen molar-refractivity contribution in [2.75, 3.05) is 19.6 Å². The highest BCUT2D eigenvalue weighted by Crippen LogP contribution is 2.21. The quantitative estimate of drug-likeness (QED) is 0.865. The molecule has 1 aliphatic rings. The number of nitrogens with one attached hydrogen (secondary N) is 1. The lowest BCUT2D eigenvalue weighted by Gasteiger charge is -2.35. The molecule has 1 aliphatic heterocycles. The molecule has 0 unspecified atom stereocenters. The normalized spacial score (nSPS) is 23.4. The Kier molecular flexibility index (Phi) is 5.84. The topological polar surface area (TPSA) is 58.6 Å². The van der Waals surface area contributed by atoms with Crippen LogP contribution in [0.1, 0.15) is 47.5 Å². The van der Waals surface area contributed by atoms with E-state index in [4.69, 9.17) is 4.74 Å². The molecule has 1 heterocycles. The molecule has 1 saturated heterocycles. The number of piperidine rings is 1. The monoisotopic (exact) mass is 284 g/mol. The lowest BCUT2D eigenvalue weighted by atomic mass is 9.92. The van der Waals surface area contributed by atoms with Gasteiger partial charge >= 0.3 is 6.09 Å². The van der Waals surface area contributed by atoms with Gasteiger partial charge < -0.3 is 15.0 Å². The molecule has 0 aliphatic carbocycles. The van der Waals surface area contributed by atoms with Crippen LogP contribution >= 0.6 is 0 Å². The highest BCUT2D eigenvalue weighted by molar-refractivity contribution is 5.77. The lowest BCUT2D eigenvalue weighted by Crippen LogP contribution is -2.43. The molecule has 5 heteroatoms. The molecule has 2 amide bonds. The van der Waals surface area contributed by atoms with Crippen LogP contribution in [0.3, 0.4) is 0 Å². The van der Waals surface area contributed by atoms with Crippen molar-refractivity contribution >= 4 is 12.0 Å². The predicted molar refractivity (Wildman–Crippen MR) is 78.4 cm³/mol. The standard InChI is InChI=1S/C15H28N2O3/c1-11-8-12(2)10-17(9-11)13(18)6-7-16-14(19)20-15(3,4)5/h11-12H,6-10H2,1-5H3,(H,16,19)/t11-,12+. The number of nitrogens with zero attached hydrogens (tertiary/aromatic N) is 1. The van der Waals surface area contributed by atoms with E-state index in [1.165, 1.54) is 6.42 Å². The van der Waals surface area contributed by atoms with Crippen molar-refractivity contribution in [3.05, 3.63) is 0 Å². The van der Waals surface area contributed by atoms with Gasteiger partial charge in [0.15, 0.2) is 0 Å². The predicted octanol–water partition coefficient (Wildman–Crippen LogP) is 2.41. The summed E-state index contributed by atoms with van der Waals surface area (Å²) >= 11 is 0. The maximum absolute atomic E-state index is 12.1. The number of rotatable bonds is 3. The van der Waals surface area contributed by atoms with E-state index in [1.807, 2.05) is 25.7 Å². The number of hydrogen-bond acceptors (Lipinski definition) is 3. The summed E-state index contributed by atoms with van der Waals surface area (Å²) in [6, 6.07) is 0. The van der Waals surface area contributed by atoms with Crippen molar-refractivity contribution in [3.63, 3.8) is 0 Å².